The Kier molecular flexibility index (Phi) is 7.15. The van der Waals surface area contributed by atoms with Crippen LogP contribution in [0.3, 0.4) is 0 Å². The van der Waals surface area contributed by atoms with Crippen molar-refractivity contribution >= 4 is 61.1 Å². The Morgan fingerprint density at radius 2 is 2.21 bits per heavy atom. The van der Waals surface area contributed by atoms with E-state index in [1.807, 2.05) is 18.5 Å². The van der Waals surface area contributed by atoms with Crippen LogP contribution in [0.15, 0.2) is 18.5 Å². The fourth-order valence-electron chi connectivity index (χ4n) is 3.35. The zero-order valence-electron chi connectivity index (χ0n) is 13.3. The van der Waals surface area contributed by atoms with E-state index in [9.17, 15) is 0 Å². The van der Waals surface area contributed by atoms with Crippen LogP contribution in [0.25, 0.3) is 11.0 Å². The second-order valence-corrected chi connectivity index (χ2v) is 8.66. The number of piperidine rings is 1. The summed E-state index contributed by atoms with van der Waals surface area (Å²) in [6.45, 7) is 2.04. The van der Waals surface area contributed by atoms with Gasteiger partial charge in [0.15, 0.2) is 0 Å². The number of imidazole rings is 1. The molecule has 0 aliphatic carbocycles. The first-order valence-corrected chi connectivity index (χ1v) is 12.0. The molecule has 132 valence electrons. The first-order chi connectivity index (χ1) is 11.6. The van der Waals surface area contributed by atoms with Gasteiger partial charge in [0.05, 0.1) is 28.0 Å². The summed E-state index contributed by atoms with van der Waals surface area (Å²) < 4.78 is 10.5. The van der Waals surface area contributed by atoms with E-state index in [1.54, 1.807) is 0 Å². The van der Waals surface area contributed by atoms with Crippen molar-refractivity contribution < 1.29 is 4.52 Å². The lowest BCUT2D eigenvalue weighted by atomic mass is 9.97. The van der Waals surface area contributed by atoms with Gasteiger partial charge in [0.2, 0.25) is 0 Å². The largest absolute Gasteiger partial charge is 0.354 e. The van der Waals surface area contributed by atoms with Gasteiger partial charge in [0.1, 0.15) is 5.52 Å². The molecule has 1 fully saturated rings. The predicted molar refractivity (Wildman–Crippen MR) is 111 cm³/mol. The number of aromatic nitrogens is 2. The molecule has 3 rings (SSSR count). The molecule has 1 aromatic heterocycles. The monoisotopic (exact) mass is 423 g/mol. The molecular formula is C15H22Cl2N3OP3. The van der Waals surface area contributed by atoms with Gasteiger partial charge in [-0.25, -0.2) is 4.98 Å². The smallest absolute Gasteiger partial charge is 0.109 e. The molecule has 5 atom stereocenters. The molecule has 3 unspecified atom stereocenters. The molecule has 24 heavy (non-hydrogen) atoms. The standard InChI is InChI=1S/C15H22Cl2N3OP3/c16-10-5-6-12-15(14(10)17)18-9-19(12)7-1-3-11-13(21-24-23)4-2-8-20(11)22/h5-6,9,11,13,24H,1-4,7-8,22-23H2/t11-,13+/m1/s1. The SMILES string of the molecule is PPO[C@H]1CCCN(P)[C@@H]1CCCn1cnc2c(Cl)c(Cl)ccc21. The van der Waals surface area contributed by atoms with Crippen molar-refractivity contribution in [1.29, 1.82) is 0 Å². The van der Waals surface area contributed by atoms with Gasteiger partial charge < -0.3 is 9.09 Å². The summed E-state index contributed by atoms with van der Waals surface area (Å²) in [6.07, 6.45) is 6.71. The maximum Gasteiger partial charge on any atom is 0.109 e. The van der Waals surface area contributed by atoms with Crippen LogP contribution in [0.4, 0.5) is 0 Å². The molecule has 0 amide bonds. The van der Waals surface area contributed by atoms with Crippen molar-refractivity contribution in [1.82, 2.24) is 14.2 Å². The van der Waals surface area contributed by atoms with E-state index in [-0.39, 0.29) is 0 Å². The second-order valence-electron chi connectivity index (χ2n) is 6.03. The van der Waals surface area contributed by atoms with Crippen molar-refractivity contribution in [3.05, 3.63) is 28.5 Å². The molecular weight excluding hydrogens is 402 g/mol. The van der Waals surface area contributed by atoms with E-state index < -0.39 is 0 Å². The van der Waals surface area contributed by atoms with Gasteiger partial charge in [-0.2, -0.15) is 0 Å². The summed E-state index contributed by atoms with van der Waals surface area (Å²) in [4.78, 5) is 4.41. The second kappa shape index (κ2) is 8.92. The molecule has 2 heterocycles. The van der Waals surface area contributed by atoms with E-state index in [2.05, 4.69) is 32.5 Å². The fourth-order valence-corrected chi connectivity index (χ4v) is 5.21. The van der Waals surface area contributed by atoms with Crippen LogP contribution < -0.4 is 0 Å². The van der Waals surface area contributed by atoms with Gasteiger partial charge in [-0.15, -0.1) is 0 Å². The molecule has 9 heteroatoms. The Hall–Kier alpha value is 0.480. The van der Waals surface area contributed by atoms with E-state index in [1.165, 1.54) is 6.42 Å². The van der Waals surface area contributed by atoms with E-state index in [0.717, 1.165) is 43.4 Å². The Balaban J connectivity index is 1.64. The summed E-state index contributed by atoms with van der Waals surface area (Å²) >= 11 is 12.3. The van der Waals surface area contributed by atoms with Gasteiger partial charge >= 0.3 is 0 Å². The Morgan fingerprint density at radius 3 is 3.00 bits per heavy atom. The Labute approximate surface area is 159 Å². The highest BCUT2D eigenvalue weighted by molar-refractivity contribution is 8.00. The minimum Gasteiger partial charge on any atom is -0.354 e. The molecule has 1 aromatic carbocycles. The summed E-state index contributed by atoms with van der Waals surface area (Å²) in [7, 11) is 6.03. The van der Waals surface area contributed by atoms with Crippen LogP contribution >= 0.6 is 50.0 Å². The van der Waals surface area contributed by atoms with E-state index >= 15 is 0 Å². The van der Waals surface area contributed by atoms with Crippen molar-refractivity contribution in [2.45, 2.75) is 44.4 Å². The van der Waals surface area contributed by atoms with Gasteiger partial charge in [-0.05, 0) is 37.8 Å². The van der Waals surface area contributed by atoms with Crippen LogP contribution in [-0.4, -0.2) is 32.9 Å². The average Bonchev–Trinajstić information content (AvgIpc) is 2.97. The third-order valence-electron chi connectivity index (χ3n) is 4.56. The normalized spacial score (nSPS) is 22.8. The summed E-state index contributed by atoms with van der Waals surface area (Å²) in [5, 5.41) is 1.08. The highest BCUT2D eigenvalue weighted by atomic mass is 35.5. The topological polar surface area (TPSA) is 30.3 Å². The molecule has 0 saturated carbocycles. The lowest BCUT2D eigenvalue weighted by Crippen LogP contribution is -2.43. The highest BCUT2D eigenvalue weighted by Gasteiger charge is 2.29. The summed E-state index contributed by atoms with van der Waals surface area (Å²) in [6, 6.07) is 4.28. The molecule has 2 aromatic rings. The van der Waals surface area contributed by atoms with Crippen LogP contribution in [0.1, 0.15) is 25.7 Å². The van der Waals surface area contributed by atoms with Crippen LogP contribution in [0.5, 0.6) is 0 Å². The molecule has 4 nitrogen and oxygen atoms in total. The van der Waals surface area contributed by atoms with Gasteiger partial charge in [0.25, 0.3) is 0 Å². The number of halogens is 2. The number of hydrogen-bond donors (Lipinski definition) is 0. The maximum absolute atomic E-state index is 6.23. The minimum atomic E-state index is 0.333. The van der Waals surface area contributed by atoms with Crippen molar-refractivity contribution in [3.63, 3.8) is 0 Å². The van der Waals surface area contributed by atoms with Crippen LogP contribution in [-0.2, 0) is 11.1 Å². The van der Waals surface area contributed by atoms with Gasteiger partial charge in [-0.3, -0.25) is 4.67 Å². The molecule has 1 saturated heterocycles. The number of fused-ring (bicyclic) bond motifs is 1. The summed E-state index contributed by atoms with van der Waals surface area (Å²) in [5.41, 5.74) is 1.81. The van der Waals surface area contributed by atoms with Crippen molar-refractivity contribution in [3.8, 4) is 0 Å². The average molecular weight is 424 g/mol. The Bertz CT molecular complexity index is 698. The molecule has 1 aliphatic rings. The molecule has 0 bridgehead atoms. The fraction of sp³-hybridized carbons (Fsp3) is 0.533. The number of rotatable bonds is 6. The number of benzene rings is 1. The highest BCUT2D eigenvalue weighted by Crippen LogP contribution is 2.34. The Morgan fingerprint density at radius 1 is 1.38 bits per heavy atom. The third kappa shape index (κ3) is 4.24. The minimum absolute atomic E-state index is 0.333. The predicted octanol–water partition coefficient (Wildman–Crippen LogP) is 5.15. The van der Waals surface area contributed by atoms with E-state index in [0.29, 0.717) is 30.7 Å². The van der Waals surface area contributed by atoms with Crippen molar-refractivity contribution in [2.24, 2.45) is 0 Å². The zero-order valence-corrected chi connectivity index (χ0v) is 18.1. The number of hydrogen-bond acceptors (Lipinski definition) is 3. The lowest BCUT2D eigenvalue weighted by molar-refractivity contribution is 0.0862. The van der Waals surface area contributed by atoms with Crippen LogP contribution in [0.2, 0.25) is 10.0 Å². The third-order valence-corrected chi connectivity index (χ3v) is 6.84. The van der Waals surface area contributed by atoms with Gasteiger partial charge in [-0.1, -0.05) is 41.5 Å². The molecule has 1 aliphatic heterocycles. The maximum atomic E-state index is 6.23. The van der Waals surface area contributed by atoms with E-state index in [4.69, 9.17) is 27.7 Å². The number of nitrogens with zero attached hydrogens (tertiary/aromatic N) is 3. The first kappa shape index (κ1) is 19.2. The molecule has 0 spiro atoms. The number of aryl methyl sites for hydroxylation is 1. The van der Waals surface area contributed by atoms with Gasteiger partial charge in [0, 0.05) is 27.6 Å². The zero-order chi connectivity index (χ0) is 17.1. The van der Waals surface area contributed by atoms with Crippen LogP contribution in [0, 0.1) is 0 Å². The lowest BCUT2D eigenvalue weighted by Gasteiger charge is -2.38. The quantitative estimate of drug-likeness (QED) is 0.602. The summed E-state index contributed by atoms with van der Waals surface area (Å²) in [5.74, 6) is 0. The van der Waals surface area contributed by atoms with Crippen molar-refractivity contribution in [2.75, 3.05) is 6.54 Å². The first-order valence-electron chi connectivity index (χ1n) is 8.03. The molecule has 0 radical (unpaired) electrons. The molecule has 0 N–H and O–H groups in total.